The first-order valence-electron chi connectivity index (χ1n) is 6.38. The van der Waals surface area contributed by atoms with Gasteiger partial charge in [-0.1, -0.05) is 23.7 Å². The van der Waals surface area contributed by atoms with Crippen LogP contribution in [-0.2, 0) is 6.54 Å². The second-order valence-electron chi connectivity index (χ2n) is 4.38. The third-order valence-corrected chi connectivity index (χ3v) is 4.06. The predicted molar refractivity (Wildman–Crippen MR) is 87.4 cm³/mol. The number of hydrogen-bond donors (Lipinski definition) is 1. The Hall–Kier alpha value is -1.65. The molecule has 0 unspecified atom stereocenters. The molecule has 2 aromatic rings. The Balaban J connectivity index is 2.07. The maximum absolute atomic E-state index is 12.2. The van der Waals surface area contributed by atoms with Crippen LogP contribution in [0.15, 0.2) is 47.4 Å². The smallest absolute Gasteiger partial charge is 0.253 e. The zero-order valence-corrected chi connectivity index (χ0v) is 13.4. The highest BCUT2D eigenvalue weighted by molar-refractivity contribution is 7.98. The molecule has 0 aliphatic heterocycles. The minimum atomic E-state index is -0.182. The van der Waals surface area contributed by atoms with Gasteiger partial charge >= 0.3 is 0 Å². The summed E-state index contributed by atoms with van der Waals surface area (Å²) in [5.41, 5.74) is 1.46. The van der Waals surface area contributed by atoms with E-state index in [1.54, 1.807) is 31.0 Å². The van der Waals surface area contributed by atoms with Gasteiger partial charge in [0.2, 0.25) is 0 Å². The van der Waals surface area contributed by atoms with E-state index in [1.807, 2.05) is 36.6 Å². The molecule has 0 aliphatic carbocycles. The lowest BCUT2D eigenvalue weighted by Gasteiger charge is -2.09. The molecule has 0 saturated carbocycles. The molecule has 0 atom stereocenters. The van der Waals surface area contributed by atoms with E-state index >= 15 is 0 Å². The summed E-state index contributed by atoms with van der Waals surface area (Å²) in [4.78, 5) is 13.2. The van der Waals surface area contributed by atoms with E-state index in [2.05, 4.69) is 5.32 Å². The number of methoxy groups -OCH3 is 1. The number of amides is 1. The summed E-state index contributed by atoms with van der Waals surface area (Å²) in [6.45, 7) is 0.426. The van der Waals surface area contributed by atoms with Gasteiger partial charge in [-0.15, -0.1) is 11.8 Å². The minimum absolute atomic E-state index is 0.182. The molecule has 2 rings (SSSR count). The molecule has 110 valence electrons. The summed E-state index contributed by atoms with van der Waals surface area (Å²) in [6, 6.07) is 13.0. The van der Waals surface area contributed by atoms with Crippen molar-refractivity contribution in [2.75, 3.05) is 13.4 Å². The maximum atomic E-state index is 12.2. The summed E-state index contributed by atoms with van der Waals surface area (Å²) in [6.07, 6.45) is 1.96. The number of thioether (sulfide) groups is 1. The maximum Gasteiger partial charge on any atom is 0.253 e. The van der Waals surface area contributed by atoms with Gasteiger partial charge < -0.3 is 10.1 Å². The Morgan fingerprint density at radius 3 is 2.81 bits per heavy atom. The van der Waals surface area contributed by atoms with Gasteiger partial charge in [0.1, 0.15) is 5.75 Å². The number of hydrogen-bond acceptors (Lipinski definition) is 3. The van der Waals surface area contributed by atoms with Crippen LogP contribution in [0.4, 0.5) is 0 Å². The quantitative estimate of drug-likeness (QED) is 0.846. The summed E-state index contributed by atoms with van der Waals surface area (Å²) >= 11 is 7.66. The predicted octanol–water partition coefficient (Wildman–Crippen LogP) is 4.00. The van der Waals surface area contributed by atoms with Crippen LogP contribution in [0.3, 0.4) is 0 Å². The molecule has 1 amide bonds. The number of carbonyl (C=O) groups is 1. The first-order chi connectivity index (χ1) is 10.1. The SMILES string of the molecule is COc1cccc(CNC(=O)c2cc(SC)ccc2Cl)c1. The molecule has 0 fully saturated rings. The van der Waals surface area contributed by atoms with Gasteiger partial charge in [-0.3, -0.25) is 4.79 Å². The molecule has 0 bridgehead atoms. The molecule has 1 N–H and O–H groups in total. The van der Waals surface area contributed by atoms with Crippen molar-refractivity contribution in [1.82, 2.24) is 5.32 Å². The number of rotatable bonds is 5. The fourth-order valence-corrected chi connectivity index (χ4v) is 2.51. The van der Waals surface area contributed by atoms with Crippen LogP contribution in [-0.4, -0.2) is 19.3 Å². The van der Waals surface area contributed by atoms with Crippen LogP contribution >= 0.6 is 23.4 Å². The fraction of sp³-hybridized carbons (Fsp3) is 0.188. The molecular formula is C16H16ClNO2S. The molecule has 0 aliphatic rings. The lowest BCUT2D eigenvalue weighted by Crippen LogP contribution is -2.23. The van der Waals surface area contributed by atoms with Gasteiger partial charge in [0.25, 0.3) is 5.91 Å². The molecule has 3 nitrogen and oxygen atoms in total. The third-order valence-electron chi connectivity index (χ3n) is 3.01. The van der Waals surface area contributed by atoms with Crippen LogP contribution in [0.2, 0.25) is 5.02 Å². The first-order valence-corrected chi connectivity index (χ1v) is 7.99. The summed E-state index contributed by atoms with van der Waals surface area (Å²) in [7, 11) is 1.62. The Morgan fingerprint density at radius 1 is 1.29 bits per heavy atom. The molecule has 0 heterocycles. The lowest BCUT2D eigenvalue weighted by molar-refractivity contribution is 0.0951. The molecule has 5 heteroatoms. The van der Waals surface area contributed by atoms with Crippen LogP contribution < -0.4 is 10.1 Å². The van der Waals surface area contributed by atoms with Crippen molar-refractivity contribution in [1.29, 1.82) is 0 Å². The number of benzene rings is 2. The molecule has 2 aromatic carbocycles. The molecule has 0 aromatic heterocycles. The van der Waals surface area contributed by atoms with Gasteiger partial charge in [0, 0.05) is 11.4 Å². The summed E-state index contributed by atoms with van der Waals surface area (Å²) < 4.78 is 5.16. The largest absolute Gasteiger partial charge is 0.497 e. The number of carbonyl (C=O) groups excluding carboxylic acids is 1. The van der Waals surface area contributed by atoms with E-state index < -0.39 is 0 Å². The average Bonchev–Trinajstić information content (AvgIpc) is 2.53. The zero-order valence-electron chi connectivity index (χ0n) is 11.9. The van der Waals surface area contributed by atoms with Crippen molar-refractivity contribution in [2.45, 2.75) is 11.4 Å². The van der Waals surface area contributed by atoms with Crippen LogP contribution in [0.5, 0.6) is 5.75 Å². The fourth-order valence-electron chi connectivity index (χ4n) is 1.87. The summed E-state index contributed by atoms with van der Waals surface area (Å²) in [5.74, 6) is 0.586. The number of ether oxygens (including phenoxy) is 1. The molecule has 0 spiro atoms. The van der Waals surface area contributed by atoms with Crippen molar-refractivity contribution < 1.29 is 9.53 Å². The van der Waals surface area contributed by atoms with Gasteiger partial charge in [-0.05, 0) is 42.2 Å². The standard InChI is InChI=1S/C16H16ClNO2S/c1-20-12-5-3-4-11(8-12)10-18-16(19)14-9-13(21-2)6-7-15(14)17/h3-9H,10H2,1-2H3,(H,18,19). The molecule has 0 radical (unpaired) electrons. The van der Waals surface area contributed by atoms with Crippen molar-refractivity contribution in [3.8, 4) is 5.75 Å². The van der Waals surface area contributed by atoms with E-state index in [-0.39, 0.29) is 5.91 Å². The van der Waals surface area contributed by atoms with E-state index in [0.29, 0.717) is 17.1 Å². The van der Waals surface area contributed by atoms with Crippen LogP contribution in [0.25, 0.3) is 0 Å². The van der Waals surface area contributed by atoms with Gasteiger partial charge in [-0.25, -0.2) is 0 Å². The highest BCUT2D eigenvalue weighted by Gasteiger charge is 2.11. The van der Waals surface area contributed by atoms with Gasteiger partial charge in [0.15, 0.2) is 0 Å². The third kappa shape index (κ3) is 4.16. The van der Waals surface area contributed by atoms with Gasteiger partial charge in [0.05, 0.1) is 17.7 Å². The molecule has 21 heavy (non-hydrogen) atoms. The van der Waals surface area contributed by atoms with Crippen LogP contribution in [0, 0.1) is 0 Å². The van der Waals surface area contributed by atoms with E-state index in [1.165, 1.54) is 0 Å². The normalized spacial score (nSPS) is 10.2. The van der Waals surface area contributed by atoms with Crippen LogP contribution in [0.1, 0.15) is 15.9 Å². The Labute approximate surface area is 133 Å². The van der Waals surface area contributed by atoms with E-state index in [4.69, 9.17) is 16.3 Å². The van der Waals surface area contributed by atoms with Gasteiger partial charge in [-0.2, -0.15) is 0 Å². The Bertz CT molecular complexity index is 646. The molecular weight excluding hydrogens is 306 g/mol. The van der Waals surface area contributed by atoms with Crippen molar-refractivity contribution in [3.05, 3.63) is 58.6 Å². The van der Waals surface area contributed by atoms with E-state index in [0.717, 1.165) is 16.2 Å². The second kappa shape index (κ2) is 7.38. The topological polar surface area (TPSA) is 38.3 Å². The number of nitrogens with one attached hydrogen (secondary N) is 1. The van der Waals surface area contributed by atoms with Crippen molar-refractivity contribution in [3.63, 3.8) is 0 Å². The van der Waals surface area contributed by atoms with Crippen molar-refractivity contribution in [2.24, 2.45) is 0 Å². The highest BCUT2D eigenvalue weighted by atomic mass is 35.5. The second-order valence-corrected chi connectivity index (χ2v) is 5.67. The average molecular weight is 322 g/mol. The lowest BCUT2D eigenvalue weighted by atomic mass is 10.2. The Morgan fingerprint density at radius 2 is 2.10 bits per heavy atom. The van der Waals surface area contributed by atoms with Crippen molar-refractivity contribution >= 4 is 29.3 Å². The first kappa shape index (κ1) is 15.7. The number of halogens is 1. The highest BCUT2D eigenvalue weighted by Crippen LogP contribution is 2.23. The Kier molecular flexibility index (Phi) is 5.53. The monoisotopic (exact) mass is 321 g/mol. The zero-order chi connectivity index (χ0) is 15.2. The van der Waals surface area contributed by atoms with E-state index in [9.17, 15) is 4.79 Å². The molecule has 0 saturated heterocycles. The minimum Gasteiger partial charge on any atom is -0.497 e. The summed E-state index contributed by atoms with van der Waals surface area (Å²) in [5, 5.41) is 3.33.